The van der Waals surface area contributed by atoms with Crippen LogP contribution in [0.1, 0.15) is 12.8 Å². The van der Waals surface area contributed by atoms with E-state index in [0.29, 0.717) is 11.2 Å². The number of nitrogens with one attached hydrogen (secondary N) is 2. The Morgan fingerprint density at radius 1 is 1.23 bits per heavy atom. The molecule has 1 unspecified atom stereocenters. The van der Waals surface area contributed by atoms with Crippen LogP contribution in [-0.4, -0.2) is 36.1 Å². The van der Waals surface area contributed by atoms with Crippen LogP contribution in [-0.2, 0) is 0 Å². The van der Waals surface area contributed by atoms with Crippen molar-refractivity contribution in [3.8, 4) is 0 Å². The molecule has 0 aliphatic carbocycles. The van der Waals surface area contributed by atoms with Gasteiger partial charge in [0.1, 0.15) is 12.0 Å². The fourth-order valence-electron chi connectivity index (χ4n) is 2.87. The Balaban J connectivity index is 1.75. The van der Waals surface area contributed by atoms with Gasteiger partial charge in [0.15, 0.2) is 11.0 Å². The van der Waals surface area contributed by atoms with Crippen LogP contribution in [0.25, 0.3) is 0 Å². The van der Waals surface area contributed by atoms with Crippen LogP contribution in [0.3, 0.4) is 0 Å². The van der Waals surface area contributed by atoms with E-state index in [4.69, 9.17) is 11.6 Å². The molecular weight excluding hydrogens is 298 g/mol. The molecule has 0 bridgehead atoms. The Morgan fingerprint density at radius 2 is 2.05 bits per heavy atom. The lowest BCUT2D eigenvalue weighted by Crippen LogP contribution is -2.42. The maximum absolute atomic E-state index is 6.16. The lowest BCUT2D eigenvalue weighted by atomic mass is 10.1. The molecule has 2 N–H and O–H groups in total. The first-order chi connectivity index (χ1) is 10.8. The smallest absolute Gasteiger partial charge is 0.157 e. The van der Waals surface area contributed by atoms with Crippen molar-refractivity contribution in [2.75, 3.05) is 35.7 Å². The minimum absolute atomic E-state index is 0.398. The first-order valence-electron chi connectivity index (χ1n) is 7.52. The minimum atomic E-state index is 0.398. The number of halogens is 1. The summed E-state index contributed by atoms with van der Waals surface area (Å²) in [6, 6.07) is 10.7. The van der Waals surface area contributed by atoms with Crippen molar-refractivity contribution < 1.29 is 0 Å². The molecule has 1 aromatic carbocycles. The molecule has 3 rings (SSSR count). The number of hydrogen-bond acceptors (Lipinski definition) is 5. The van der Waals surface area contributed by atoms with Gasteiger partial charge in [-0.3, -0.25) is 0 Å². The summed E-state index contributed by atoms with van der Waals surface area (Å²) in [5.41, 5.74) is 1.95. The maximum Gasteiger partial charge on any atom is 0.157 e. The first kappa shape index (κ1) is 14.9. The third-order valence-electron chi connectivity index (χ3n) is 3.90. The predicted molar refractivity (Wildman–Crippen MR) is 91.9 cm³/mol. The Labute approximate surface area is 135 Å². The van der Waals surface area contributed by atoms with E-state index in [0.717, 1.165) is 43.1 Å². The summed E-state index contributed by atoms with van der Waals surface area (Å²) in [5, 5.41) is 7.16. The summed E-state index contributed by atoms with van der Waals surface area (Å²) < 4.78 is 0. The van der Waals surface area contributed by atoms with Gasteiger partial charge in [0.2, 0.25) is 0 Å². The van der Waals surface area contributed by atoms with Gasteiger partial charge in [-0.05, 0) is 25.0 Å². The SMILES string of the molecule is CNc1c(Cl)ncnc1N1CCCC(Nc2ccccc2)C1. The zero-order valence-electron chi connectivity index (χ0n) is 12.6. The lowest BCUT2D eigenvalue weighted by Gasteiger charge is -2.35. The predicted octanol–water partition coefficient (Wildman–Crippen LogP) is 3.25. The molecule has 6 heteroatoms. The fourth-order valence-corrected chi connectivity index (χ4v) is 3.09. The highest BCUT2D eigenvalue weighted by molar-refractivity contribution is 6.32. The van der Waals surface area contributed by atoms with E-state index < -0.39 is 0 Å². The Kier molecular flexibility index (Phi) is 4.63. The van der Waals surface area contributed by atoms with Crippen LogP contribution < -0.4 is 15.5 Å². The Morgan fingerprint density at radius 3 is 2.82 bits per heavy atom. The van der Waals surface area contributed by atoms with E-state index in [2.05, 4.69) is 37.6 Å². The van der Waals surface area contributed by atoms with Gasteiger partial charge in [0.05, 0.1) is 0 Å². The Hall–Kier alpha value is -2.01. The number of rotatable bonds is 4. The van der Waals surface area contributed by atoms with Gasteiger partial charge in [0.25, 0.3) is 0 Å². The molecule has 1 aliphatic rings. The van der Waals surface area contributed by atoms with Gasteiger partial charge >= 0.3 is 0 Å². The molecule has 2 heterocycles. The zero-order chi connectivity index (χ0) is 15.4. The maximum atomic E-state index is 6.16. The normalized spacial score (nSPS) is 18.1. The molecule has 0 radical (unpaired) electrons. The Bertz CT molecular complexity index is 619. The topological polar surface area (TPSA) is 53.1 Å². The second-order valence-electron chi connectivity index (χ2n) is 5.41. The van der Waals surface area contributed by atoms with Crippen LogP contribution >= 0.6 is 11.6 Å². The number of piperidine rings is 1. The number of aromatic nitrogens is 2. The first-order valence-corrected chi connectivity index (χ1v) is 7.90. The molecule has 5 nitrogen and oxygen atoms in total. The van der Waals surface area contributed by atoms with E-state index >= 15 is 0 Å². The van der Waals surface area contributed by atoms with Crippen molar-refractivity contribution in [3.63, 3.8) is 0 Å². The summed E-state index contributed by atoms with van der Waals surface area (Å²) in [5.74, 6) is 0.877. The number of nitrogens with zero attached hydrogens (tertiary/aromatic N) is 3. The number of para-hydroxylation sites is 1. The highest BCUT2D eigenvalue weighted by atomic mass is 35.5. The lowest BCUT2D eigenvalue weighted by molar-refractivity contribution is 0.527. The molecule has 1 atom stereocenters. The van der Waals surface area contributed by atoms with Crippen molar-refractivity contribution in [1.82, 2.24) is 9.97 Å². The number of anilines is 3. The van der Waals surface area contributed by atoms with Gasteiger partial charge < -0.3 is 15.5 Å². The summed E-state index contributed by atoms with van der Waals surface area (Å²) in [7, 11) is 1.84. The van der Waals surface area contributed by atoms with Gasteiger partial charge in [-0.1, -0.05) is 29.8 Å². The molecule has 1 aromatic heterocycles. The van der Waals surface area contributed by atoms with E-state index in [9.17, 15) is 0 Å². The molecule has 2 aromatic rings. The van der Waals surface area contributed by atoms with Crippen molar-refractivity contribution in [3.05, 3.63) is 41.8 Å². The molecule has 22 heavy (non-hydrogen) atoms. The summed E-state index contributed by atoms with van der Waals surface area (Å²) >= 11 is 6.16. The minimum Gasteiger partial charge on any atom is -0.383 e. The van der Waals surface area contributed by atoms with Crippen LogP contribution in [0.2, 0.25) is 5.15 Å². The van der Waals surface area contributed by atoms with E-state index in [1.807, 2.05) is 25.2 Å². The zero-order valence-corrected chi connectivity index (χ0v) is 13.3. The second-order valence-corrected chi connectivity index (χ2v) is 5.77. The molecular formula is C16H20ClN5. The summed E-state index contributed by atoms with van der Waals surface area (Å²) in [4.78, 5) is 10.7. The second kappa shape index (κ2) is 6.83. The fraction of sp³-hybridized carbons (Fsp3) is 0.375. The molecule has 0 spiro atoms. The van der Waals surface area contributed by atoms with Crippen LogP contribution in [0.15, 0.2) is 36.7 Å². The van der Waals surface area contributed by atoms with Crippen molar-refractivity contribution >= 4 is 28.8 Å². The largest absolute Gasteiger partial charge is 0.383 e. The van der Waals surface area contributed by atoms with Crippen LogP contribution in [0.4, 0.5) is 17.2 Å². The number of benzene rings is 1. The van der Waals surface area contributed by atoms with E-state index in [1.54, 1.807) is 0 Å². The molecule has 1 fully saturated rings. The average molecular weight is 318 g/mol. The number of hydrogen-bond donors (Lipinski definition) is 2. The average Bonchev–Trinajstić information content (AvgIpc) is 2.56. The van der Waals surface area contributed by atoms with Gasteiger partial charge in [-0.2, -0.15) is 0 Å². The standard InChI is InChI=1S/C16H20ClN5/c1-18-14-15(17)19-11-20-16(14)22-9-5-8-13(10-22)21-12-6-3-2-4-7-12/h2-4,6-7,11,13,18,21H,5,8-10H2,1H3. The van der Waals surface area contributed by atoms with Gasteiger partial charge in [0, 0.05) is 31.9 Å². The van der Waals surface area contributed by atoms with Crippen LogP contribution in [0.5, 0.6) is 0 Å². The summed E-state index contributed by atoms with van der Waals surface area (Å²) in [6.07, 6.45) is 3.79. The van der Waals surface area contributed by atoms with Crippen molar-refractivity contribution in [1.29, 1.82) is 0 Å². The van der Waals surface area contributed by atoms with Crippen molar-refractivity contribution in [2.45, 2.75) is 18.9 Å². The molecule has 1 aliphatic heterocycles. The van der Waals surface area contributed by atoms with Gasteiger partial charge in [-0.15, -0.1) is 0 Å². The third kappa shape index (κ3) is 3.25. The molecule has 116 valence electrons. The van der Waals surface area contributed by atoms with Gasteiger partial charge in [-0.25, -0.2) is 9.97 Å². The van der Waals surface area contributed by atoms with E-state index in [-0.39, 0.29) is 0 Å². The third-order valence-corrected chi connectivity index (χ3v) is 4.18. The monoisotopic (exact) mass is 317 g/mol. The molecule has 0 saturated carbocycles. The highest BCUT2D eigenvalue weighted by Gasteiger charge is 2.23. The molecule has 0 amide bonds. The molecule has 1 saturated heterocycles. The quantitative estimate of drug-likeness (QED) is 0.848. The van der Waals surface area contributed by atoms with Crippen LogP contribution in [0, 0.1) is 0 Å². The summed E-state index contributed by atoms with van der Waals surface area (Å²) in [6.45, 7) is 1.88. The highest BCUT2D eigenvalue weighted by Crippen LogP contribution is 2.30. The van der Waals surface area contributed by atoms with Crippen molar-refractivity contribution in [2.24, 2.45) is 0 Å². The van der Waals surface area contributed by atoms with E-state index in [1.165, 1.54) is 6.33 Å².